The van der Waals surface area contributed by atoms with Crippen LogP contribution in [-0.4, -0.2) is 24.0 Å². The zero-order valence-electron chi connectivity index (χ0n) is 4.64. The van der Waals surface area contributed by atoms with Crippen molar-refractivity contribution in [2.45, 2.75) is 5.38 Å². The number of carbonyl (C=O) groups is 1. The fraction of sp³-hybridized carbons (Fsp3) is 0.750. The average Bonchev–Trinajstić information content (AvgIpc) is 1.83. The first-order chi connectivity index (χ1) is 4.16. The van der Waals surface area contributed by atoms with E-state index in [2.05, 4.69) is 10.5 Å². The highest BCUT2D eigenvalue weighted by molar-refractivity contribution is 6.28. The van der Waals surface area contributed by atoms with Crippen molar-refractivity contribution >= 4 is 29.3 Å². The van der Waals surface area contributed by atoms with Crippen LogP contribution in [0.1, 0.15) is 0 Å². The maximum atomic E-state index is 9.92. The molecule has 1 atom stereocenters. The molecule has 0 aliphatic carbocycles. The van der Waals surface area contributed by atoms with E-state index in [-0.39, 0.29) is 17.9 Å². The molecule has 0 saturated heterocycles. The van der Waals surface area contributed by atoms with Crippen LogP contribution >= 0.6 is 23.2 Å². The van der Waals surface area contributed by atoms with Gasteiger partial charge in [0.1, 0.15) is 6.61 Å². The molecule has 0 radical (unpaired) electrons. The largest absolute Gasteiger partial charge is 0.448 e. The lowest BCUT2D eigenvalue weighted by Crippen LogP contribution is -2.19. The van der Waals surface area contributed by atoms with Gasteiger partial charge < -0.3 is 10.5 Å². The van der Waals surface area contributed by atoms with Gasteiger partial charge in [0.05, 0.1) is 5.38 Å². The van der Waals surface area contributed by atoms with Gasteiger partial charge in [-0.25, -0.2) is 4.79 Å². The monoisotopic (exact) mass is 171 g/mol. The Morgan fingerprint density at radius 1 is 1.78 bits per heavy atom. The van der Waals surface area contributed by atoms with E-state index in [1.165, 1.54) is 0 Å². The SMILES string of the molecule is NC(=O)OCC(Cl)CCl. The molecule has 0 spiro atoms. The first kappa shape index (κ1) is 8.85. The molecule has 9 heavy (non-hydrogen) atoms. The summed E-state index contributed by atoms with van der Waals surface area (Å²) in [5.74, 6) is 0.245. The summed E-state index contributed by atoms with van der Waals surface area (Å²) in [5.41, 5.74) is 4.63. The Bertz CT molecular complexity index is 98.6. The maximum absolute atomic E-state index is 9.92. The van der Waals surface area contributed by atoms with Gasteiger partial charge in [-0.15, -0.1) is 23.2 Å². The molecule has 0 heterocycles. The van der Waals surface area contributed by atoms with Crippen LogP contribution in [0.15, 0.2) is 0 Å². The van der Waals surface area contributed by atoms with E-state index in [1.54, 1.807) is 0 Å². The van der Waals surface area contributed by atoms with Gasteiger partial charge >= 0.3 is 6.09 Å². The van der Waals surface area contributed by atoms with Gasteiger partial charge in [-0.1, -0.05) is 0 Å². The average molecular weight is 172 g/mol. The second kappa shape index (κ2) is 4.70. The zero-order chi connectivity index (χ0) is 7.28. The third-order valence-electron chi connectivity index (χ3n) is 0.574. The minimum Gasteiger partial charge on any atom is -0.448 e. The number of rotatable bonds is 3. The third-order valence-corrected chi connectivity index (χ3v) is 1.38. The lowest BCUT2D eigenvalue weighted by Gasteiger charge is -2.02. The van der Waals surface area contributed by atoms with Crippen molar-refractivity contribution in [2.24, 2.45) is 5.73 Å². The number of hydrogen-bond donors (Lipinski definition) is 1. The van der Waals surface area contributed by atoms with E-state index in [1.807, 2.05) is 0 Å². The number of primary amides is 1. The highest BCUT2D eigenvalue weighted by Gasteiger charge is 2.03. The van der Waals surface area contributed by atoms with Gasteiger partial charge in [0.15, 0.2) is 0 Å². The standard InChI is InChI=1S/C4H7Cl2NO2/c5-1-3(6)2-9-4(7)8/h3H,1-2H2,(H2,7,8). The van der Waals surface area contributed by atoms with E-state index in [0.29, 0.717) is 0 Å². The van der Waals surface area contributed by atoms with E-state index >= 15 is 0 Å². The number of nitrogens with two attached hydrogens (primary N) is 1. The molecule has 0 aliphatic rings. The van der Waals surface area contributed by atoms with E-state index in [9.17, 15) is 4.79 Å². The van der Waals surface area contributed by atoms with Crippen LogP contribution in [0.2, 0.25) is 0 Å². The highest BCUT2D eigenvalue weighted by atomic mass is 35.5. The summed E-state index contributed by atoms with van der Waals surface area (Å²) in [7, 11) is 0. The zero-order valence-corrected chi connectivity index (χ0v) is 6.15. The molecule has 0 fully saturated rings. The molecule has 1 amide bonds. The number of hydrogen-bond acceptors (Lipinski definition) is 2. The predicted molar refractivity (Wildman–Crippen MR) is 35.9 cm³/mol. The third kappa shape index (κ3) is 5.73. The van der Waals surface area contributed by atoms with Crippen molar-refractivity contribution in [3.8, 4) is 0 Å². The van der Waals surface area contributed by atoms with Crippen molar-refractivity contribution in [3.63, 3.8) is 0 Å². The van der Waals surface area contributed by atoms with Crippen LogP contribution in [-0.2, 0) is 4.74 Å². The maximum Gasteiger partial charge on any atom is 0.404 e. The van der Waals surface area contributed by atoms with Gasteiger partial charge in [0.25, 0.3) is 0 Å². The van der Waals surface area contributed by atoms with Crippen LogP contribution in [0.4, 0.5) is 4.79 Å². The molecular weight excluding hydrogens is 165 g/mol. The Morgan fingerprint density at radius 2 is 2.33 bits per heavy atom. The van der Waals surface area contributed by atoms with Crippen molar-refractivity contribution in [1.82, 2.24) is 0 Å². The van der Waals surface area contributed by atoms with Crippen molar-refractivity contribution in [3.05, 3.63) is 0 Å². The van der Waals surface area contributed by atoms with Gasteiger partial charge in [0, 0.05) is 5.88 Å². The predicted octanol–water partition coefficient (Wildman–Crippen LogP) is 0.928. The number of ether oxygens (including phenoxy) is 1. The molecule has 0 bridgehead atoms. The number of amides is 1. The van der Waals surface area contributed by atoms with Crippen molar-refractivity contribution < 1.29 is 9.53 Å². The summed E-state index contributed by atoms with van der Waals surface area (Å²) < 4.78 is 4.32. The molecule has 0 rings (SSSR count). The second-order valence-corrected chi connectivity index (χ2v) is 2.31. The molecule has 0 aromatic carbocycles. The van der Waals surface area contributed by atoms with Crippen molar-refractivity contribution in [2.75, 3.05) is 12.5 Å². The molecule has 0 aromatic heterocycles. The lowest BCUT2D eigenvalue weighted by molar-refractivity contribution is 0.158. The van der Waals surface area contributed by atoms with Crippen LogP contribution in [0.3, 0.4) is 0 Å². The summed E-state index contributed by atoms with van der Waals surface area (Å²) in [4.78, 5) is 9.92. The summed E-state index contributed by atoms with van der Waals surface area (Å²) in [5, 5.41) is -0.348. The van der Waals surface area contributed by atoms with Crippen molar-refractivity contribution in [1.29, 1.82) is 0 Å². The van der Waals surface area contributed by atoms with Gasteiger partial charge in [-0.05, 0) is 0 Å². The minimum atomic E-state index is -0.828. The van der Waals surface area contributed by atoms with Crippen LogP contribution < -0.4 is 5.73 Å². The molecular formula is C4H7Cl2NO2. The summed E-state index contributed by atoms with van der Waals surface area (Å²) in [6.45, 7) is 0.0698. The fourth-order valence-electron chi connectivity index (χ4n) is 0.217. The molecule has 5 heteroatoms. The smallest absolute Gasteiger partial charge is 0.404 e. The Hall–Kier alpha value is -0.150. The first-order valence-electron chi connectivity index (χ1n) is 2.29. The Balaban J connectivity index is 3.16. The molecule has 2 N–H and O–H groups in total. The normalized spacial score (nSPS) is 12.7. The van der Waals surface area contributed by atoms with Crippen LogP contribution in [0, 0.1) is 0 Å². The topological polar surface area (TPSA) is 52.3 Å². The molecule has 0 saturated carbocycles. The minimum absolute atomic E-state index is 0.0698. The highest BCUT2D eigenvalue weighted by Crippen LogP contribution is 1.98. The quantitative estimate of drug-likeness (QED) is 0.643. The molecule has 0 aromatic rings. The number of alkyl halides is 2. The number of halogens is 2. The summed E-state index contributed by atoms with van der Waals surface area (Å²) in [6.07, 6.45) is -0.828. The Kier molecular flexibility index (Phi) is 4.62. The lowest BCUT2D eigenvalue weighted by atomic mass is 10.5. The van der Waals surface area contributed by atoms with Crippen LogP contribution in [0.5, 0.6) is 0 Å². The summed E-state index contributed by atoms with van der Waals surface area (Å²) >= 11 is 10.7. The Labute approximate surface area is 63.1 Å². The first-order valence-corrected chi connectivity index (χ1v) is 3.26. The van der Waals surface area contributed by atoms with Gasteiger partial charge in [-0.2, -0.15) is 0 Å². The van der Waals surface area contributed by atoms with Crippen LogP contribution in [0.25, 0.3) is 0 Å². The molecule has 54 valence electrons. The van der Waals surface area contributed by atoms with E-state index in [4.69, 9.17) is 23.2 Å². The summed E-state index contributed by atoms with van der Waals surface area (Å²) in [6, 6.07) is 0. The Morgan fingerprint density at radius 3 is 2.67 bits per heavy atom. The molecule has 0 aliphatic heterocycles. The van der Waals surface area contributed by atoms with E-state index in [0.717, 1.165) is 0 Å². The van der Waals surface area contributed by atoms with Gasteiger partial charge in [-0.3, -0.25) is 0 Å². The number of carbonyl (C=O) groups excluding carboxylic acids is 1. The fourth-order valence-corrected chi connectivity index (χ4v) is 0.369. The molecule has 1 unspecified atom stereocenters. The molecule has 3 nitrogen and oxygen atoms in total. The van der Waals surface area contributed by atoms with Gasteiger partial charge in [0.2, 0.25) is 0 Å². The van der Waals surface area contributed by atoms with E-state index < -0.39 is 6.09 Å². The second-order valence-electron chi connectivity index (χ2n) is 1.38.